The zero-order chi connectivity index (χ0) is 75.0. The highest BCUT2D eigenvalue weighted by Crippen LogP contribution is 2.44. The lowest BCUT2D eigenvalue weighted by Crippen LogP contribution is -2.26. The Hall–Kier alpha value is -4.27. The van der Waals surface area contributed by atoms with E-state index in [1.165, 1.54) is 56.1 Å². The van der Waals surface area contributed by atoms with E-state index < -0.39 is 0 Å². The molecule has 0 unspecified atom stereocenters. The summed E-state index contributed by atoms with van der Waals surface area (Å²) in [5.41, 5.74) is 5.54. The van der Waals surface area contributed by atoms with Crippen LogP contribution in [-0.2, 0) is 41.5 Å². The lowest BCUT2D eigenvalue weighted by atomic mass is 9.78. The molecule has 8 nitrogen and oxygen atoms in total. The molecule has 0 saturated heterocycles. The third-order valence-corrected chi connectivity index (χ3v) is 14.8. The summed E-state index contributed by atoms with van der Waals surface area (Å²) < 4.78 is 9.98. The summed E-state index contributed by atoms with van der Waals surface area (Å²) in [5, 5.41) is 8.40. The number of ether oxygens (including phenoxy) is 2. The molecule has 3 aromatic carbocycles. The van der Waals surface area contributed by atoms with Gasteiger partial charge in [0.15, 0.2) is 5.78 Å². The fraction of sp³-hybridized carbons (Fsp3) is 0.733. The molecule has 8 heteroatoms. The fourth-order valence-electron chi connectivity index (χ4n) is 7.60. The Balaban J connectivity index is -0.000000228. The van der Waals surface area contributed by atoms with Crippen LogP contribution < -0.4 is 0 Å². The zero-order valence-electron chi connectivity index (χ0n) is 68.4. The van der Waals surface area contributed by atoms with Gasteiger partial charge in [0.25, 0.3) is 0 Å². The third-order valence-electron chi connectivity index (χ3n) is 14.8. The number of ketones is 4. The minimum atomic E-state index is -0.346. The van der Waals surface area contributed by atoms with Crippen LogP contribution in [0.2, 0.25) is 0 Å². The third kappa shape index (κ3) is 75.1. The molecule has 1 N–H and O–H groups in total. The normalized spacial score (nSPS) is 12.8. The number of aliphatic hydroxyl groups excluding tert-OH is 1. The smallest absolute Gasteiger partial charge is 0.308 e. The van der Waals surface area contributed by atoms with Gasteiger partial charge in [0.2, 0.25) is 0 Å². The van der Waals surface area contributed by atoms with Gasteiger partial charge < -0.3 is 14.6 Å². The number of hydrogen-bond acceptors (Lipinski definition) is 8. The number of hydrogen-bond donors (Lipinski definition) is 1. The number of Topliss-reactive ketones (excluding diaryl/α,β-unsaturated/α-hetero) is 4. The molecule has 0 atom stereocenters. The first-order valence-electron chi connectivity index (χ1n) is 36.2. The lowest BCUT2D eigenvalue weighted by molar-refractivity contribution is -0.158. The average Bonchev–Trinajstić information content (AvgIpc) is 1.72. The summed E-state index contributed by atoms with van der Waals surface area (Å²) in [4.78, 5) is 53.8. The molecule has 2 fully saturated rings. The van der Waals surface area contributed by atoms with Gasteiger partial charge in [-0.15, -0.1) is 0 Å². The van der Waals surface area contributed by atoms with E-state index in [-0.39, 0.29) is 58.6 Å². The van der Waals surface area contributed by atoms with Crippen molar-refractivity contribution in [3.63, 3.8) is 0 Å². The van der Waals surface area contributed by atoms with Crippen LogP contribution in [0.1, 0.15) is 315 Å². The van der Waals surface area contributed by atoms with Gasteiger partial charge in [0.1, 0.15) is 23.0 Å². The molecule has 548 valence electrons. The maximum Gasteiger partial charge on any atom is 0.308 e. The van der Waals surface area contributed by atoms with E-state index in [4.69, 9.17) is 14.6 Å². The minimum absolute atomic E-state index is 0.0285. The second kappa shape index (κ2) is 53.7. The summed E-state index contributed by atoms with van der Waals surface area (Å²) in [6, 6.07) is 30.7. The highest BCUT2D eigenvalue weighted by molar-refractivity contribution is 5.97. The van der Waals surface area contributed by atoms with Crippen molar-refractivity contribution in [3.05, 3.63) is 108 Å². The van der Waals surface area contributed by atoms with Crippen molar-refractivity contribution in [2.24, 2.45) is 80.3 Å². The molecule has 0 spiro atoms. The van der Waals surface area contributed by atoms with Gasteiger partial charge in [0, 0.05) is 61.9 Å². The molecule has 0 radical (unpaired) electrons. The number of carbonyl (C=O) groups is 5. The number of aliphatic hydroxyl groups is 1. The van der Waals surface area contributed by atoms with E-state index in [1.807, 2.05) is 141 Å². The molecular weight excluding hydrogens is 1160 g/mol. The van der Waals surface area contributed by atoms with Crippen molar-refractivity contribution < 1.29 is 38.6 Å². The predicted octanol–water partition coefficient (Wildman–Crippen LogP) is 24.5. The first kappa shape index (κ1) is 101. The molecule has 3 aromatic rings. The van der Waals surface area contributed by atoms with E-state index in [0.29, 0.717) is 51.7 Å². The van der Waals surface area contributed by atoms with Gasteiger partial charge in [-0.05, 0) is 129 Å². The van der Waals surface area contributed by atoms with Crippen LogP contribution in [0.15, 0.2) is 91.0 Å². The lowest BCUT2D eigenvalue weighted by Gasteiger charge is -2.28. The van der Waals surface area contributed by atoms with Crippen molar-refractivity contribution >= 4 is 29.1 Å². The Morgan fingerprint density at radius 3 is 1.02 bits per heavy atom. The molecule has 2 aliphatic carbocycles. The molecule has 94 heavy (non-hydrogen) atoms. The molecule has 0 aromatic heterocycles. The molecule has 0 aliphatic heterocycles. The maximum atomic E-state index is 11.3. The van der Waals surface area contributed by atoms with Crippen LogP contribution in [0.25, 0.3) is 0 Å². The Kier molecular flexibility index (Phi) is 57.6. The molecule has 2 aliphatic rings. The average molecular weight is 1320 g/mol. The SMILES string of the molecule is CC(=O)C(C)C.CC(C)(C)C1CC1.CC(C)(C)CCO.CC(C)(C)CCc1ccccc1.CC(C)(C)Cc1ccccc1.CC(C)C(=O)C(C)C.CC(C)C(=O)OC(C)(C)C.CC(C)C(=O)c1ccccc1.CC(C)C1CCC1.CCC(=O)C(C)C.COCCC(C)(C)C. The zero-order valence-corrected chi connectivity index (χ0v) is 68.4. The Morgan fingerprint density at radius 2 is 0.862 bits per heavy atom. The summed E-state index contributed by atoms with van der Waals surface area (Å²) in [6.45, 7) is 71.4. The molecular formula is C86H156O8. The highest BCUT2D eigenvalue weighted by atomic mass is 16.6. The molecule has 2 saturated carbocycles. The first-order chi connectivity index (χ1) is 42.6. The number of esters is 1. The van der Waals surface area contributed by atoms with Crippen molar-refractivity contribution in [2.45, 2.75) is 312 Å². The second-order valence-corrected chi connectivity index (χ2v) is 34.7. The number of carbonyl (C=O) groups excluding carboxylic acids is 5. The van der Waals surface area contributed by atoms with Crippen LogP contribution in [-0.4, -0.2) is 60.1 Å². The van der Waals surface area contributed by atoms with Gasteiger partial charge in [0.05, 0.1) is 5.92 Å². The summed E-state index contributed by atoms with van der Waals surface area (Å²) in [5.74, 6) is 5.04. The minimum Gasteiger partial charge on any atom is -0.460 e. The fourth-order valence-corrected chi connectivity index (χ4v) is 7.60. The first-order valence-corrected chi connectivity index (χ1v) is 36.2. The quantitative estimate of drug-likeness (QED) is 0.118. The van der Waals surface area contributed by atoms with E-state index >= 15 is 0 Å². The van der Waals surface area contributed by atoms with Gasteiger partial charge in [-0.3, -0.25) is 24.0 Å². The van der Waals surface area contributed by atoms with Crippen molar-refractivity contribution in [1.82, 2.24) is 0 Å². The monoisotopic (exact) mass is 1320 g/mol. The predicted molar refractivity (Wildman–Crippen MR) is 412 cm³/mol. The Morgan fingerprint density at radius 1 is 0.479 bits per heavy atom. The van der Waals surface area contributed by atoms with Gasteiger partial charge in [-0.1, -0.05) is 318 Å². The molecule has 5 rings (SSSR count). The van der Waals surface area contributed by atoms with Gasteiger partial charge in [-0.2, -0.15) is 0 Å². The van der Waals surface area contributed by atoms with Crippen molar-refractivity contribution in [3.8, 4) is 0 Å². The van der Waals surface area contributed by atoms with Crippen molar-refractivity contribution in [1.29, 1.82) is 0 Å². The van der Waals surface area contributed by atoms with E-state index in [9.17, 15) is 24.0 Å². The summed E-state index contributed by atoms with van der Waals surface area (Å²) in [6.07, 6.45) is 13.8. The molecule has 0 bridgehead atoms. The Bertz CT molecular complexity index is 2260. The second-order valence-electron chi connectivity index (χ2n) is 34.7. The molecule has 0 amide bonds. The maximum absolute atomic E-state index is 11.3. The van der Waals surface area contributed by atoms with E-state index in [1.54, 1.807) is 14.0 Å². The Labute approximate surface area is 584 Å². The van der Waals surface area contributed by atoms with Crippen LogP contribution in [0.5, 0.6) is 0 Å². The molecule has 0 heterocycles. The van der Waals surface area contributed by atoms with Gasteiger partial charge >= 0.3 is 5.97 Å². The highest BCUT2D eigenvalue weighted by Gasteiger charge is 2.33. The van der Waals surface area contributed by atoms with E-state index in [0.717, 1.165) is 49.2 Å². The van der Waals surface area contributed by atoms with E-state index in [2.05, 4.69) is 178 Å². The van der Waals surface area contributed by atoms with Crippen LogP contribution in [0, 0.1) is 80.3 Å². The standard InChI is InChI=1S/C12H18.C11H16.C10H12O.C8H16O2.C7H16O.C7H14O.2C7H14.C6H14O.C6H12O.C5H10O/c1-12(2,3)10-9-11-7-5-4-6-8-11;1-11(2,3)9-10-7-5-4-6-8-10;1-8(2)10(11)9-6-4-3-5-7-9;1-6(2)7(9)10-8(3,4)5;1-7(2,3)5-6-8-4;1-5(2)7(8)6(3)4;1-7(2,3)6-4-5-6;1-6(2)7-4-3-5-7;1-6(2,3)4-5-7;1-4-6(7)5(2)3;1-4(2)5(3)6/h4-8H,9-10H2,1-3H3;4-8H,9H2,1-3H3;3-8H,1-2H3;6H,1-5H3;5-6H2,1-4H3;5-6H,1-4H3;6H,4-5H2,1-3H3;6-7H,3-5H2,1-2H3;7H,4-5H2,1-3H3;5H,4H2,1-3H3;4H,1-3H3. The number of methoxy groups -OCH3 is 1. The summed E-state index contributed by atoms with van der Waals surface area (Å²) in [7, 11) is 1.74. The largest absolute Gasteiger partial charge is 0.460 e. The number of benzene rings is 3. The van der Waals surface area contributed by atoms with Crippen LogP contribution in [0.4, 0.5) is 0 Å². The number of aryl methyl sites for hydroxylation is 1. The van der Waals surface area contributed by atoms with Crippen molar-refractivity contribution in [2.75, 3.05) is 20.3 Å². The number of rotatable bonds is 15. The van der Waals surface area contributed by atoms with Crippen LogP contribution >= 0.6 is 0 Å². The summed E-state index contributed by atoms with van der Waals surface area (Å²) >= 11 is 0. The van der Waals surface area contributed by atoms with Gasteiger partial charge in [-0.25, -0.2) is 0 Å². The van der Waals surface area contributed by atoms with Crippen LogP contribution in [0.3, 0.4) is 0 Å². The topological polar surface area (TPSA) is 124 Å².